The second-order valence-electron chi connectivity index (χ2n) is 5.65. The molecule has 0 saturated carbocycles. The van der Waals surface area contributed by atoms with Gasteiger partial charge in [0.2, 0.25) is 0 Å². The molecule has 0 radical (unpaired) electrons. The van der Waals surface area contributed by atoms with Gasteiger partial charge in [-0.15, -0.1) is 24.0 Å². The Hall–Kier alpha value is -2.03. The Morgan fingerprint density at radius 1 is 1.04 bits per heavy atom. The zero-order chi connectivity index (χ0) is 18.8. The van der Waals surface area contributed by atoms with Crippen molar-refractivity contribution in [2.75, 3.05) is 27.3 Å². The van der Waals surface area contributed by atoms with E-state index in [0.29, 0.717) is 31.4 Å². The maximum Gasteiger partial charge on any atom is 0.191 e. The van der Waals surface area contributed by atoms with Crippen LogP contribution in [0.4, 0.5) is 4.39 Å². The lowest BCUT2D eigenvalue weighted by atomic mass is 10.1. The van der Waals surface area contributed by atoms with Crippen molar-refractivity contribution in [1.29, 1.82) is 0 Å². The Balaban J connectivity index is 0.00000364. The maximum absolute atomic E-state index is 12.9. The molecular formula is C20H27FIN3O2. The van der Waals surface area contributed by atoms with Crippen molar-refractivity contribution in [1.82, 2.24) is 10.6 Å². The van der Waals surface area contributed by atoms with Crippen LogP contribution in [0.3, 0.4) is 0 Å². The van der Waals surface area contributed by atoms with Crippen LogP contribution in [0.15, 0.2) is 47.5 Å². The fourth-order valence-electron chi connectivity index (χ4n) is 2.48. The van der Waals surface area contributed by atoms with Crippen LogP contribution in [0.25, 0.3) is 0 Å². The number of nitrogens with one attached hydrogen (secondary N) is 2. The van der Waals surface area contributed by atoms with E-state index in [0.717, 1.165) is 23.3 Å². The standard InChI is InChI=1S/C20H26FN3O2.HI/c1-4-26-18-10-7-16(13-19(18)25-3)14-24-20(22-2)23-12-11-15-5-8-17(21)9-6-15;/h5-10,13H,4,11-12,14H2,1-3H3,(H2,22,23,24);1H. The van der Waals surface area contributed by atoms with Crippen LogP contribution in [0, 0.1) is 5.82 Å². The Morgan fingerprint density at radius 3 is 2.37 bits per heavy atom. The Morgan fingerprint density at radius 2 is 1.74 bits per heavy atom. The third-order valence-corrected chi connectivity index (χ3v) is 3.83. The molecule has 0 amide bonds. The zero-order valence-electron chi connectivity index (χ0n) is 15.9. The van der Waals surface area contributed by atoms with Gasteiger partial charge in [-0.25, -0.2) is 4.39 Å². The molecule has 0 fully saturated rings. The van der Waals surface area contributed by atoms with Crippen LogP contribution < -0.4 is 20.1 Å². The Kier molecular flexibility index (Phi) is 10.5. The van der Waals surface area contributed by atoms with Crippen molar-refractivity contribution in [3.63, 3.8) is 0 Å². The molecular weight excluding hydrogens is 460 g/mol. The highest BCUT2D eigenvalue weighted by Crippen LogP contribution is 2.27. The summed E-state index contributed by atoms with van der Waals surface area (Å²) in [6.45, 7) is 3.85. The normalized spacial score (nSPS) is 10.7. The molecule has 148 valence electrons. The van der Waals surface area contributed by atoms with E-state index in [2.05, 4.69) is 15.6 Å². The van der Waals surface area contributed by atoms with E-state index in [1.807, 2.05) is 25.1 Å². The number of hydrogen-bond donors (Lipinski definition) is 2. The van der Waals surface area contributed by atoms with Gasteiger partial charge in [-0.1, -0.05) is 18.2 Å². The molecule has 0 heterocycles. The summed E-state index contributed by atoms with van der Waals surface area (Å²) in [5.74, 6) is 1.94. The Labute approximate surface area is 177 Å². The third kappa shape index (κ3) is 7.62. The number of methoxy groups -OCH3 is 1. The van der Waals surface area contributed by atoms with Gasteiger partial charge >= 0.3 is 0 Å². The van der Waals surface area contributed by atoms with Crippen molar-refractivity contribution in [2.24, 2.45) is 4.99 Å². The van der Waals surface area contributed by atoms with Crippen LogP contribution in [0.2, 0.25) is 0 Å². The molecule has 0 spiro atoms. The van der Waals surface area contributed by atoms with Gasteiger partial charge in [-0.05, 0) is 48.7 Å². The summed E-state index contributed by atoms with van der Waals surface area (Å²) in [7, 11) is 3.36. The lowest BCUT2D eigenvalue weighted by Crippen LogP contribution is -2.37. The van der Waals surface area contributed by atoms with Gasteiger partial charge in [0.25, 0.3) is 0 Å². The second-order valence-corrected chi connectivity index (χ2v) is 5.65. The summed E-state index contributed by atoms with van der Waals surface area (Å²) < 4.78 is 23.8. The van der Waals surface area contributed by atoms with Crippen molar-refractivity contribution in [3.8, 4) is 11.5 Å². The topological polar surface area (TPSA) is 54.9 Å². The van der Waals surface area contributed by atoms with Gasteiger partial charge in [-0.2, -0.15) is 0 Å². The van der Waals surface area contributed by atoms with Crippen molar-refractivity contribution >= 4 is 29.9 Å². The quantitative estimate of drug-likeness (QED) is 0.339. The maximum atomic E-state index is 12.9. The number of halogens is 2. The molecule has 5 nitrogen and oxygen atoms in total. The summed E-state index contributed by atoms with van der Waals surface area (Å²) in [5.41, 5.74) is 2.14. The van der Waals surface area contributed by atoms with Crippen molar-refractivity contribution in [3.05, 3.63) is 59.4 Å². The molecule has 0 aliphatic heterocycles. The molecule has 2 aromatic carbocycles. The molecule has 0 aliphatic carbocycles. The molecule has 0 unspecified atom stereocenters. The van der Waals surface area contributed by atoms with Crippen molar-refractivity contribution in [2.45, 2.75) is 19.9 Å². The highest BCUT2D eigenvalue weighted by Gasteiger charge is 2.06. The van der Waals surface area contributed by atoms with E-state index < -0.39 is 0 Å². The summed E-state index contributed by atoms with van der Waals surface area (Å²) >= 11 is 0. The van der Waals surface area contributed by atoms with E-state index in [4.69, 9.17) is 9.47 Å². The average Bonchev–Trinajstić information content (AvgIpc) is 2.67. The van der Waals surface area contributed by atoms with E-state index >= 15 is 0 Å². The lowest BCUT2D eigenvalue weighted by molar-refractivity contribution is 0.310. The summed E-state index contributed by atoms with van der Waals surface area (Å²) in [6.07, 6.45) is 0.790. The summed E-state index contributed by atoms with van der Waals surface area (Å²) in [4.78, 5) is 4.22. The van der Waals surface area contributed by atoms with E-state index in [1.54, 1.807) is 26.3 Å². The molecule has 0 atom stereocenters. The average molecular weight is 487 g/mol. The smallest absolute Gasteiger partial charge is 0.191 e. The van der Waals surface area contributed by atoms with Crippen molar-refractivity contribution < 1.29 is 13.9 Å². The monoisotopic (exact) mass is 487 g/mol. The molecule has 2 aromatic rings. The van der Waals surface area contributed by atoms with E-state index in [1.165, 1.54) is 12.1 Å². The fourth-order valence-corrected chi connectivity index (χ4v) is 2.48. The first-order chi connectivity index (χ1) is 12.7. The number of benzene rings is 2. The van der Waals surface area contributed by atoms with Gasteiger partial charge in [0.1, 0.15) is 5.82 Å². The molecule has 27 heavy (non-hydrogen) atoms. The minimum absolute atomic E-state index is 0. The number of hydrogen-bond acceptors (Lipinski definition) is 3. The predicted molar refractivity (Wildman–Crippen MR) is 118 cm³/mol. The minimum Gasteiger partial charge on any atom is -0.493 e. The molecule has 2 N–H and O–H groups in total. The van der Waals surface area contributed by atoms with Crippen LogP contribution in [-0.2, 0) is 13.0 Å². The van der Waals surface area contributed by atoms with Gasteiger partial charge in [0, 0.05) is 20.1 Å². The van der Waals surface area contributed by atoms with Crippen LogP contribution in [-0.4, -0.2) is 33.3 Å². The van der Waals surface area contributed by atoms with Gasteiger partial charge < -0.3 is 20.1 Å². The second kappa shape index (κ2) is 12.4. The lowest BCUT2D eigenvalue weighted by Gasteiger charge is -2.14. The highest BCUT2D eigenvalue weighted by molar-refractivity contribution is 14.0. The number of rotatable bonds is 8. The van der Waals surface area contributed by atoms with Crippen LogP contribution >= 0.6 is 24.0 Å². The van der Waals surface area contributed by atoms with Gasteiger partial charge in [0.05, 0.1) is 13.7 Å². The summed E-state index contributed by atoms with van der Waals surface area (Å²) in [5, 5.41) is 6.52. The number of guanidine groups is 1. The largest absolute Gasteiger partial charge is 0.493 e. The molecule has 0 saturated heterocycles. The molecule has 7 heteroatoms. The Bertz CT molecular complexity index is 724. The minimum atomic E-state index is -0.218. The first kappa shape index (κ1) is 23.0. The van der Waals surface area contributed by atoms with Crippen LogP contribution in [0.1, 0.15) is 18.1 Å². The van der Waals surface area contributed by atoms with E-state index in [-0.39, 0.29) is 29.8 Å². The molecule has 0 bridgehead atoms. The van der Waals surface area contributed by atoms with E-state index in [9.17, 15) is 4.39 Å². The summed E-state index contributed by atoms with van der Waals surface area (Å²) in [6, 6.07) is 12.4. The molecule has 0 aromatic heterocycles. The predicted octanol–water partition coefficient (Wildman–Crippen LogP) is 3.76. The SMILES string of the molecule is CCOc1ccc(CNC(=NC)NCCc2ccc(F)cc2)cc1OC.I. The number of aliphatic imine (C=N–C) groups is 1. The number of nitrogens with zero attached hydrogens (tertiary/aromatic N) is 1. The van der Waals surface area contributed by atoms with Gasteiger partial charge in [0.15, 0.2) is 17.5 Å². The molecule has 0 aliphatic rings. The first-order valence-electron chi connectivity index (χ1n) is 8.65. The number of ether oxygens (including phenoxy) is 2. The highest BCUT2D eigenvalue weighted by atomic mass is 127. The fraction of sp³-hybridized carbons (Fsp3) is 0.350. The van der Waals surface area contributed by atoms with Crippen LogP contribution in [0.5, 0.6) is 11.5 Å². The third-order valence-electron chi connectivity index (χ3n) is 3.83. The first-order valence-corrected chi connectivity index (χ1v) is 8.65. The molecule has 2 rings (SSSR count). The van der Waals surface area contributed by atoms with Gasteiger partial charge in [-0.3, -0.25) is 4.99 Å². The zero-order valence-corrected chi connectivity index (χ0v) is 18.3.